The summed E-state index contributed by atoms with van der Waals surface area (Å²) in [4.78, 5) is 14.6. The van der Waals surface area contributed by atoms with E-state index in [1.807, 2.05) is 12.1 Å². The van der Waals surface area contributed by atoms with Crippen LogP contribution in [0, 0.1) is 0 Å². The van der Waals surface area contributed by atoms with Crippen molar-refractivity contribution in [2.24, 2.45) is 4.99 Å². The van der Waals surface area contributed by atoms with Gasteiger partial charge in [0.15, 0.2) is 11.5 Å². The zero-order valence-corrected chi connectivity index (χ0v) is 11.2. The number of rotatable bonds is 2. The number of hydrogen-bond acceptors (Lipinski definition) is 4. The molecular formula is C14H14ClNO3. The van der Waals surface area contributed by atoms with E-state index in [4.69, 9.17) is 21.1 Å². The minimum absolute atomic E-state index is 0.462. The number of halogens is 1. The van der Waals surface area contributed by atoms with Crippen LogP contribution in [0.1, 0.15) is 31.2 Å². The van der Waals surface area contributed by atoms with Gasteiger partial charge in [0.25, 0.3) is 0 Å². The molecule has 5 heteroatoms. The first-order valence-corrected chi connectivity index (χ1v) is 6.82. The molecule has 2 aliphatic rings. The summed E-state index contributed by atoms with van der Waals surface area (Å²) in [6.45, 7) is 1.21. The number of fused-ring (bicyclic) bond motifs is 1. The van der Waals surface area contributed by atoms with Crippen LogP contribution in [0.3, 0.4) is 0 Å². The van der Waals surface area contributed by atoms with Crippen molar-refractivity contribution in [3.63, 3.8) is 0 Å². The molecule has 0 saturated heterocycles. The highest BCUT2D eigenvalue weighted by Crippen LogP contribution is 2.49. The molecule has 0 radical (unpaired) electrons. The minimum atomic E-state index is -0.462. The molecule has 4 nitrogen and oxygen atoms in total. The topological polar surface area (TPSA) is 47.9 Å². The van der Waals surface area contributed by atoms with Crippen molar-refractivity contribution >= 4 is 17.7 Å². The standard InChI is InChI=1S/C14H14ClNO3/c15-11-7-10(14(16-9-17)3-1-4-14)8-12-13(11)19-6-2-5-18-12/h7-8H,1-6H2. The van der Waals surface area contributed by atoms with Gasteiger partial charge in [0.05, 0.1) is 23.8 Å². The van der Waals surface area contributed by atoms with Gasteiger partial charge in [-0.2, -0.15) is 4.99 Å². The molecule has 0 amide bonds. The Labute approximate surface area is 116 Å². The molecule has 19 heavy (non-hydrogen) atoms. The van der Waals surface area contributed by atoms with Gasteiger partial charge in [-0.1, -0.05) is 11.6 Å². The SMILES string of the molecule is O=C=NC1(c2cc(Cl)c3c(c2)OCCCO3)CCC1. The van der Waals surface area contributed by atoms with E-state index in [0.717, 1.165) is 31.2 Å². The Morgan fingerprint density at radius 3 is 2.68 bits per heavy atom. The highest BCUT2D eigenvalue weighted by Gasteiger charge is 2.40. The van der Waals surface area contributed by atoms with Gasteiger partial charge in [-0.15, -0.1) is 0 Å². The van der Waals surface area contributed by atoms with Crippen LogP contribution < -0.4 is 9.47 Å². The normalized spacial score (nSPS) is 19.8. The van der Waals surface area contributed by atoms with Gasteiger partial charge in [0.1, 0.15) is 0 Å². The molecule has 0 spiro atoms. The number of hydrogen-bond donors (Lipinski definition) is 0. The number of isocyanates is 1. The third-order valence-electron chi connectivity index (χ3n) is 3.78. The fourth-order valence-electron chi connectivity index (χ4n) is 2.56. The van der Waals surface area contributed by atoms with Gasteiger partial charge in [0.2, 0.25) is 6.08 Å². The molecule has 1 aliphatic heterocycles. The number of ether oxygens (including phenoxy) is 2. The van der Waals surface area contributed by atoms with Crippen LogP contribution in [0.15, 0.2) is 17.1 Å². The van der Waals surface area contributed by atoms with E-state index < -0.39 is 5.54 Å². The Morgan fingerprint density at radius 1 is 1.21 bits per heavy atom. The van der Waals surface area contributed by atoms with Gasteiger partial charge in [-0.25, -0.2) is 4.79 Å². The Hall–Kier alpha value is -1.51. The molecule has 1 saturated carbocycles. The molecule has 3 rings (SSSR count). The first kappa shape index (κ1) is 12.5. The van der Waals surface area contributed by atoms with Gasteiger partial charge in [-0.3, -0.25) is 0 Å². The van der Waals surface area contributed by atoms with Crippen molar-refractivity contribution in [1.82, 2.24) is 0 Å². The van der Waals surface area contributed by atoms with Crippen LogP contribution >= 0.6 is 11.6 Å². The van der Waals surface area contributed by atoms with Crippen LogP contribution in [-0.4, -0.2) is 19.3 Å². The smallest absolute Gasteiger partial charge is 0.235 e. The summed E-state index contributed by atoms with van der Waals surface area (Å²) in [5.74, 6) is 1.24. The number of benzene rings is 1. The van der Waals surface area contributed by atoms with Crippen LogP contribution in [0.4, 0.5) is 0 Å². The number of carbonyl (C=O) groups excluding carboxylic acids is 1. The molecule has 1 aromatic rings. The number of nitrogens with zero attached hydrogens (tertiary/aromatic N) is 1. The first-order chi connectivity index (χ1) is 9.25. The van der Waals surface area contributed by atoms with Gasteiger partial charge in [-0.05, 0) is 37.0 Å². The van der Waals surface area contributed by atoms with E-state index in [9.17, 15) is 4.79 Å². The Kier molecular flexibility index (Phi) is 3.21. The molecule has 0 unspecified atom stereocenters. The average Bonchev–Trinajstić information content (AvgIpc) is 2.59. The lowest BCUT2D eigenvalue weighted by Gasteiger charge is -2.37. The van der Waals surface area contributed by atoms with E-state index in [2.05, 4.69) is 4.99 Å². The van der Waals surface area contributed by atoms with Crippen molar-refractivity contribution in [2.75, 3.05) is 13.2 Å². The van der Waals surface area contributed by atoms with Crippen molar-refractivity contribution in [2.45, 2.75) is 31.2 Å². The Bertz CT molecular complexity index is 548. The Balaban J connectivity index is 2.06. The summed E-state index contributed by atoms with van der Waals surface area (Å²) in [6.07, 6.45) is 5.26. The quantitative estimate of drug-likeness (QED) is 0.617. The van der Waals surface area contributed by atoms with Gasteiger partial charge in [0, 0.05) is 6.42 Å². The summed E-state index contributed by atoms with van der Waals surface area (Å²) in [5, 5.41) is 0.516. The predicted molar refractivity (Wildman–Crippen MR) is 70.7 cm³/mol. The summed E-state index contributed by atoms with van der Waals surface area (Å²) < 4.78 is 11.3. The second-order valence-electron chi connectivity index (χ2n) is 4.92. The molecule has 0 atom stereocenters. The fraction of sp³-hybridized carbons (Fsp3) is 0.500. The maximum absolute atomic E-state index is 10.6. The van der Waals surface area contributed by atoms with Crippen LogP contribution in [-0.2, 0) is 10.3 Å². The molecular weight excluding hydrogens is 266 g/mol. The van der Waals surface area contributed by atoms with E-state index in [1.54, 1.807) is 6.08 Å². The third-order valence-corrected chi connectivity index (χ3v) is 4.06. The molecule has 1 aromatic carbocycles. The van der Waals surface area contributed by atoms with E-state index in [-0.39, 0.29) is 0 Å². The van der Waals surface area contributed by atoms with E-state index >= 15 is 0 Å². The van der Waals surface area contributed by atoms with Crippen molar-refractivity contribution in [3.05, 3.63) is 22.7 Å². The lowest BCUT2D eigenvalue weighted by Crippen LogP contribution is -2.31. The van der Waals surface area contributed by atoms with E-state index in [0.29, 0.717) is 29.7 Å². The minimum Gasteiger partial charge on any atom is -0.489 e. The maximum Gasteiger partial charge on any atom is 0.235 e. The second kappa shape index (κ2) is 4.87. The molecule has 1 aliphatic carbocycles. The summed E-state index contributed by atoms with van der Waals surface area (Å²) in [6, 6.07) is 3.72. The van der Waals surface area contributed by atoms with Crippen molar-refractivity contribution in [1.29, 1.82) is 0 Å². The molecule has 0 N–H and O–H groups in total. The molecule has 0 aromatic heterocycles. The largest absolute Gasteiger partial charge is 0.489 e. The summed E-state index contributed by atoms with van der Waals surface area (Å²) in [7, 11) is 0. The molecule has 100 valence electrons. The van der Waals surface area contributed by atoms with Crippen molar-refractivity contribution < 1.29 is 14.3 Å². The molecule has 1 heterocycles. The maximum atomic E-state index is 10.6. The van der Waals surface area contributed by atoms with Crippen LogP contribution in [0.2, 0.25) is 5.02 Å². The highest BCUT2D eigenvalue weighted by atomic mass is 35.5. The lowest BCUT2D eigenvalue weighted by molar-refractivity contribution is 0.254. The summed E-state index contributed by atoms with van der Waals surface area (Å²) >= 11 is 6.26. The molecule has 0 bridgehead atoms. The van der Waals surface area contributed by atoms with Gasteiger partial charge >= 0.3 is 0 Å². The average molecular weight is 280 g/mol. The van der Waals surface area contributed by atoms with Crippen LogP contribution in [0.5, 0.6) is 11.5 Å². The second-order valence-corrected chi connectivity index (χ2v) is 5.33. The Morgan fingerprint density at radius 2 is 2.00 bits per heavy atom. The highest BCUT2D eigenvalue weighted by molar-refractivity contribution is 6.32. The van der Waals surface area contributed by atoms with E-state index in [1.165, 1.54) is 0 Å². The zero-order chi connectivity index (χ0) is 13.3. The third kappa shape index (κ3) is 2.11. The number of aliphatic imine (C=N–C) groups is 1. The molecule has 1 fully saturated rings. The predicted octanol–water partition coefficient (Wildman–Crippen LogP) is 3.22. The zero-order valence-electron chi connectivity index (χ0n) is 10.4. The summed E-state index contributed by atoms with van der Waals surface area (Å²) in [5.41, 5.74) is 0.451. The fourth-order valence-corrected chi connectivity index (χ4v) is 2.83. The van der Waals surface area contributed by atoms with Crippen LogP contribution in [0.25, 0.3) is 0 Å². The lowest BCUT2D eigenvalue weighted by atomic mass is 9.72. The van der Waals surface area contributed by atoms with Crippen molar-refractivity contribution in [3.8, 4) is 11.5 Å². The van der Waals surface area contributed by atoms with Gasteiger partial charge < -0.3 is 9.47 Å². The first-order valence-electron chi connectivity index (χ1n) is 6.44. The monoisotopic (exact) mass is 279 g/mol.